The molecule has 2 fully saturated rings. The van der Waals surface area contributed by atoms with Gasteiger partial charge in [0.15, 0.2) is 0 Å². The number of aliphatic hydroxyl groups is 1. The summed E-state index contributed by atoms with van der Waals surface area (Å²) >= 11 is 0. The number of nitrogens with zero attached hydrogens (tertiary/aromatic N) is 7. The van der Waals surface area contributed by atoms with Crippen LogP contribution in [0.15, 0.2) is 106 Å². The molecular formula is C69H104N10O10. The first kappa shape index (κ1) is 70.1. The molecule has 2 saturated heterocycles. The van der Waals surface area contributed by atoms with Crippen LogP contribution >= 0.6 is 0 Å². The molecule has 20 heteroatoms. The number of carbonyl (C=O) groups is 5. The van der Waals surface area contributed by atoms with Crippen molar-refractivity contribution in [2.24, 2.45) is 26.8 Å². The minimum atomic E-state index is -0.686. The fourth-order valence-electron chi connectivity index (χ4n) is 12.4. The van der Waals surface area contributed by atoms with Gasteiger partial charge < -0.3 is 40.0 Å². The summed E-state index contributed by atoms with van der Waals surface area (Å²) in [5, 5.41) is 21.6. The predicted octanol–water partition coefficient (Wildman–Crippen LogP) is 8.90. The first-order valence-electron chi connectivity index (χ1n) is 32.6. The Morgan fingerprint density at radius 3 is 1.67 bits per heavy atom. The van der Waals surface area contributed by atoms with E-state index >= 15 is 0 Å². The maximum atomic E-state index is 13.9. The quantitative estimate of drug-likeness (QED) is 0.0451. The third-order valence-corrected chi connectivity index (χ3v) is 16.9. The van der Waals surface area contributed by atoms with E-state index in [-0.39, 0.29) is 99.1 Å². The molecule has 0 aromatic rings. The summed E-state index contributed by atoms with van der Waals surface area (Å²) in [4.78, 5) is 91.1. The Balaban J connectivity index is 1.04. The fourth-order valence-corrected chi connectivity index (χ4v) is 12.4. The van der Waals surface area contributed by atoms with Gasteiger partial charge in [-0.2, -0.15) is 0 Å². The smallest absolute Gasteiger partial charge is 0.320 e. The van der Waals surface area contributed by atoms with Gasteiger partial charge in [0.2, 0.25) is 11.8 Å². The summed E-state index contributed by atoms with van der Waals surface area (Å²) in [7, 11) is 0. The summed E-state index contributed by atoms with van der Waals surface area (Å²) in [6, 6.07) is 0. The van der Waals surface area contributed by atoms with Gasteiger partial charge in [0.1, 0.15) is 22.6 Å². The third kappa shape index (κ3) is 19.8. The van der Waals surface area contributed by atoms with Crippen molar-refractivity contribution >= 4 is 46.9 Å². The molecule has 20 nitrogen and oxygen atoms in total. The monoisotopic (exact) mass is 1230 g/mol. The summed E-state index contributed by atoms with van der Waals surface area (Å²) in [5.74, 6) is -1.43. The van der Waals surface area contributed by atoms with E-state index in [1.165, 1.54) is 6.42 Å². The van der Waals surface area contributed by atoms with Gasteiger partial charge in [-0.15, -0.1) is 0 Å². The number of fused-ring (bicyclic) bond motifs is 5. The van der Waals surface area contributed by atoms with Crippen LogP contribution in [0.1, 0.15) is 162 Å². The molecule has 7 rings (SSSR count). The van der Waals surface area contributed by atoms with Crippen molar-refractivity contribution < 1.29 is 48.0 Å². The number of amides is 2. The first-order chi connectivity index (χ1) is 41.9. The SMILES string of the molecule is CCCCCCOC(C)C1=C(C)C2=NC1=CC1=NC(=CC3=C(C)C4=C(O)CC(=C5NC(=C2)C(C)[C@@H]5CCC(=O)NCCNC(=O)CN2CCN(CC(=O)OC(C)(C)C)CCN(CC(=O)OC(C)(C)C)CCN(CC(=O)OC(C)(C)C)CC2)C4=N3)C(CC)=C1C. The van der Waals surface area contributed by atoms with Gasteiger partial charge in [0.05, 0.1) is 66.5 Å². The molecule has 6 aliphatic heterocycles. The van der Waals surface area contributed by atoms with Crippen molar-refractivity contribution in [3.63, 3.8) is 0 Å². The molecule has 2 amide bonds. The van der Waals surface area contributed by atoms with Gasteiger partial charge in [0, 0.05) is 125 Å². The van der Waals surface area contributed by atoms with Crippen molar-refractivity contribution in [3.05, 3.63) is 91.5 Å². The van der Waals surface area contributed by atoms with Gasteiger partial charge in [-0.1, -0.05) is 40.0 Å². The Hall–Kier alpha value is -6.32. The molecule has 490 valence electrons. The van der Waals surface area contributed by atoms with E-state index < -0.39 is 16.8 Å². The number of nitrogens with one attached hydrogen (secondary N) is 3. The molecule has 0 aromatic heterocycles. The van der Waals surface area contributed by atoms with Crippen LogP contribution in [0.2, 0.25) is 0 Å². The lowest BCUT2D eigenvalue weighted by Gasteiger charge is -2.34. The second-order valence-electron chi connectivity index (χ2n) is 27.7. The van der Waals surface area contributed by atoms with Crippen molar-refractivity contribution in [1.82, 2.24) is 35.6 Å². The highest BCUT2D eigenvalue weighted by Gasteiger charge is 2.42. The van der Waals surface area contributed by atoms with Crippen molar-refractivity contribution in [1.29, 1.82) is 0 Å². The molecule has 0 saturated carbocycles. The Morgan fingerprint density at radius 1 is 0.652 bits per heavy atom. The maximum absolute atomic E-state index is 13.9. The molecule has 6 heterocycles. The van der Waals surface area contributed by atoms with Crippen LogP contribution in [-0.2, 0) is 42.9 Å². The van der Waals surface area contributed by atoms with E-state index in [9.17, 15) is 29.1 Å². The Bertz CT molecular complexity index is 3010. The van der Waals surface area contributed by atoms with Crippen LogP contribution in [0.25, 0.3) is 0 Å². The molecule has 0 aromatic carbocycles. The van der Waals surface area contributed by atoms with Gasteiger partial charge in [-0.3, -0.25) is 43.6 Å². The Kier molecular flexibility index (Phi) is 24.2. The number of allylic oxidation sites excluding steroid dienone is 11. The minimum absolute atomic E-state index is 0.0123. The highest BCUT2D eigenvalue weighted by Crippen LogP contribution is 2.47. The predicted molar refractivity (Wildman–Crippen MR) is 350 cm³/mol. The highest BCUT2D eigenvalue weighted by atomic mass is 16.6. The molecule has 89 heavy (non-hydrogen) atoms. The molecule has 4 N–H and O–H groups in total. The van der Waals surface area contributed by atoms with E-state index in [2.05, 4.69) is 75.7 Å². The molecule has 7 aliphatic rings. The molecule has 3 atom stereocenters. The number of unbranched alkanes of at least 4 members (excludes halogenated alkanes) is 3. The van der Waals surface area contributed by atoms with Gasteiger partial charge in [-0.05, 0) is 150 Å². The highest BCUT2D eigenvalue weighted by molar-refractivity contribution is 6.21. The second kappa shape index (κ2) is 30.7. The molecular weight excluding hydrogens is 1130 g/mol. The van der Waals surface area contributed by atoms with Crippen molar-refractivity contribution in [2.45, 2.75) is 185 Å². The summed E-state index contributed by atoms with van der Waals surface area (Å²) in [6.07, 6.45) is 12.4. The number of rotatable bonds is 22. The lowest BCUT2D eigenvalue weighted by atomic mass is 9.86. The van der Waals surface area contributed by atoms with Crippen LogP contribution in [0.5, 0.6) is 0 Å². The van der Waals surface area contributed by atoms with Crippen LogP contribution in [0, 0.1) is 11.8 Å². The number of esters is 3. The molecule has 1 aliphatic carbocycles. The fraction of sp³-hybridized carbons (Fsp3) is 0.652. The topological polar surface area (TPSA) is 229 Å². The number of hydrogen-bond donors (Lipinski definition) is 4. The van der Waals surface area contributed by atoms with Crippen LogP contribution in [0.3, 0.4) is 0 Å². The molecule has 8 bridgehead atoms. The van der Waals surface area contributed by atoms with Gasteiger partial charge >= 0.3 is 17.9 Å². The third-order valence-electron chi connectivity index (χ3n) is 16.9. The number of hydrogen-bond acceptors (Lipinski definition) is 18. The number of carbonyl (C=O) groups excluding carboxylic acids is 5. The van der Waals surface area contributed by atoms with E-state index in [0.717, 1.165) is 110 Å². The van der Waals surface area contributed by atoms with E-state index in [1.54, 1.807) is 0 Å². The first-order valence-corrected chi connectivity index (χ1v) is 32.6. The lowest BCUT2D eigenvalue weighted by molar-refractivity contribution is -0.158. The Labute approximate surface area is 529 Å². The van der Waals surface area contributed by atoms with Gasteiger partial charge in [0.25, 0.3) is 0 Å². The van der Waals surface area contributed by atoms with Crippen molar-refractivity contribution in [2.75, 3.05) is 98.2 Å². The van der Waals surface area contributed by atoms with Crippen LogP contribution < -0.4 is 16.0 Å². The number of ether oxygens (including phenoxy) is 4. The summed E-state index contributed by atoms with van der Waals surface area (Å²) < 4.78 is 23.7. The van der Waals surface area contributed by atoms with E-state index in [1.807, 2.05) is 88.8 Å². The number of aliphatic imine (C=N–C) groups is 3. The summed E-state index contributed by atoms with van der Waals surface area (Å²) in [6.45, 7) is 35.8. The summed E-state index contributed by atoms with van der Waals surface area (Å²) in [5.41, 5.74) is 11.6. The largest absolute Gasteiger partial charge is 0.511 e. The normalized spacial score (nSPS) is 21.4. The molecule has 0 spiro atoms. The zero-order valence-electron chi connectivity index (χ0n) is 56.5. The Morgan fingerprint density at radius 2 is 1.16 bits per heavy atom. The average Bonchev–Trinajstić information content (AvgIpc) is 1.59. The van der Waals surface area contributed by atoms with E-state index in [4.69, 9.17) is 33.9 Å². The van der Waals surface area contributed by atoms with E-state index in [0.29, 0.717) is 71.8 Å². The average molecular weight is 1230 g/mol. The zero-order valence-corrected chi connectivity index (χ0v) is 56.5. The maximum Gasteiger partial charge on any atom is 0.320 e. The minimum Gasteiger partial charge on any atom is -0.511 e. The number of aliphatic hydroxyl groups excluding tert-OH is 1. The van der Waals surface area contributed by atoms with Gasteiger partial charge in [-0.25, -0.2) is 15.0 Å². The molecule has 0 radical (unpaired) electrons. The van der Waals surface area contributed by atoms with Crippen molar-refractivity contribution in [3.8, 4) is 0 Å². The standard InChI is InChI=1S/C69H104N10O10/c1-17-19-20-21-34-86-47(7)63-45(5)53-36-52-44(4)49(65(74-52)50-35-57(80)64-46(6)54(75-66(50)64)37-55-48(18-2)43(3)51(72-55)38-56(63)73-53)22-23-58(81)70-24-25-71-59(82)39-76-26-28-77(40-60(83)87-67(8,9)10)30-32-79(42-62(85)89-69(14,15)16)33-31-78(29-27-76)41-61(84)88-68(11,12)13/h36-38,44,47,49,74,80H,17-35,39-42H2,1-16H3,(H,70,81)(H,71,82)/t44?,47?,49-/m0/s1. The molecule has 2 unspecified atom stereocenters. The lowest BCUT2D eigenvalue weighted by Crippen LogP contribution is -2.50. The van der Waals surface area contributed by atoms with Crippen LogP contribution in [0.4, 0.5) is 0 Å². The zero-order chi connectivity index (χ0) is 65.1. The second-order valence-corrected chi connectivity index (χ2v) is 27.7. The van der Waals surface area contributed by atoms with Crippen LogP contribution in [-0.4, -0.2) is 193 Å².